The fourth-order valence-corrected chi connectivity index (χ4v) is 2.43. The molecule has 0 saturated carbocycles. The van der Waals surface area contributed by atoms with Crippen LogP contribution < -0.4 is 5.73 Å². The quantitative estimate of drug-likeness (QED) is 0.938. The van der Waals surface area contributed by atoms with Crippen molar-refractivity contribution in [3.8, 4) is 6.07 Å². The average molecular weight is 286 g/mol. The highest BCUT2D eigenvalue weighted by molar-refractivity contribution is 5.35. The van der Waals surface area contributed by atoms with Crippen molar-refractivity contribution in [2.45, 2.75) is 39.8 Å². The van der Waals surface area contributed by atoms with Crippen molar-refractivity contribution in [1.29, 1.82) is 5.26 Å². The minimum atomic E-state index is -0.493. The molecule has 0 spiro atoms. The van der Waals surface area contributed by atoms with Gasteiger partial charge in [0.05, 0.1) is 17.8 Å². The van der Waals surface area contributed by atoms with Gasteiger partial charge < -0.3 is 5.73 Å². The number of halogens is 1. The molecule has 0 amide bonds. The van der Waals surface area contributed by atoms with Crippen molar-refractivity contribution in [2.75, 3.05) is 0 Å². The van der Waals surface area contributed by atoms with Crippen LogP contribution >= 0.6 is 0 Å². The van der Waals surface area contributed by atoms with Crippen LogP contribution in [0.25, 0.3) is 0 Å². The van der Waals surface area contributed by atoms with E-state index in [-0.39, 0.29) is 11.6 Å². The number of aromatic nitrogens is 2. The SMILES string of the molecule is Cc1nn(Cc2ccc(F)c(C#N)c2)c(C)c1CC(C)N. The van der Waals surface area contributed by atoms with Crippen LogP contribution in [-0.2, 0) is 13.0 Å². The van der Waals surface area contributed by atoms with Crippen LogP contribution in [0.3, 0.4) is 0 Å². The molecule has 2 N–H and O–H groups in total. The van der Waals surface area contributed by atoms with E-state index in [0.717, 1.165) is 28.9 Å². The van der Waals surface area contributed by atoms with E-state index in [1.54, 1.807) is 12.1 Å². The third-order valence-corrected chi connectivity index (χ3v) is 3.54. The van der Waals surface area contributed by atoms with Gasteiger partial charge in [0.15, 0.2) is 0 Å². The van der Waals surface area contributed by atoms with Gasteiger partial charge in [-0.1, -0.05) is 6.07 Å². The average Bonchev–Trinajstić information content (AvgIpc) is 2.68. The Morgan fingerprint density at radius 2 is 2.14 bits per heavy atom. The molecule has 0 bridgehead atoms. The van der Waals surface area contributed by atoms with Gasteiger partial charge in [0, 0.05) is 11.7 Å². The summed E-state index contributed by atoms with van der Waals surface area (Å²) in [6, 6.07) is 6.50. The molecule has 1 unspecified atom stereocenters. The number of rotatable bonds is 4. The molecule has 110 valence electrons. The van der Waals surface area contributed by atoms with Crippen molar-refractivity contribution in [1.82, 2.24) is 9.78 Å². The fraction of sp³-hybridized carbons (Fsp3) is 0.375. The Balaban J connectivity index is 2.30. The zero-order chi connectivity index (χ0) is 15.6. The second kappa shape index (κ2) is 6.06. The highest BCUT2D eigenvalue weighted by Crippen LogP contribution is 2.17. The van der Waals surface area contributed by atoms with Gasteiger partial charge in [-0.2, -0.15) is 10.4 Å². The Kier molecular flexibility index (Phi) is 4.39. The number of nitrogens with two attached hydrogens (primary N) is 1. The molecule has 2 rings (SSSR count). The van der Waals surface area contributed by atoms with Crippen molar-refractivity contribution >= 4 is 0 Å². The van der Waals surface area contributed by atoms with E-state index in [2.05, 4.69) is 5.10 Å². The first-order chi connectivity index (χ1) is 9.92. The van der Waals surface area contributed by atoms with Crippen molar-refractivity contribution in [3.63, 3.8) is 0 Å². The molecule has 2 aromatic rings. The monoisotopic (exact) mass is 286 g/mol. The van der Waals surface area contributed by atoms with Crippen molar-refractivity contribution in [2.24, 2.45) is 5.73 Å². The lowest BCUT2D eigenvalue weighted by Crippen LogP contribution is -2.18. The van der Waals surface area contributed by atoms with Gasteiger partial charge in [-0.3, -0.25) is 4.68 Å². The predicted molar refractivity (Wildman–Crippen MR) is 79.3 cm³/mol. The molecule has 1 heterocycles. The van der Waals surface area contributed by atoms with E-state index in [9.17, 15) is 4.39 Å². The van der Waals surface area contributed by atoms with Crippen LogP contribution in [0.15, 0.2) is 18.2 Å². The summed E-state index contributed by atoms with van der Waals surface area (Å²) >= 11 is 0. The second-order valence-corrected chi connectivity index (χ2v) is 5.41. The maximum Gasteiger partial charge on any atom is 0.140 e. The van der Waals surface area contributed by atoms with Gasteiger partial charge in [0.1, 0.15) is 11.9 Å². The van der Waals surface area contributed by atoms with Crippen LogP contribution in [0.4, 0.5) is 4.39 Å². The summed E-state index contributed by atoms with van der Waals surface area (Å²) in [7, 11) is 0. The maximum absolute atomic E-state index is 13.3. The third kappa shape index (κ3) is 3.29. The first-order valence-corrected chi connectivity index (χ1v) is 6.89. The topological polar surface area (TPSA) is 67.6 Å². The van der Waals surface area contributed by atoms with Gasteiger partial charge in [-0.25, -0.2) is 4.39 Å². The molecule has 0 fully saturated rings. The number of aryl methyl sites for hydroxylation is 1. The molecule has 0 aliphatic heterocycles. The molecule has 5 heteroatoms. The molecule has 1 atom stereocenters. The summed E-state index contributed by atoms with van der Waals surface area (Å²) in [5.74, 6) is -0.493. The third-order valence-electron chi connectivity index (χ3n) is 3.54. The summed E-state index contributed by atoms with van der Waals surface area (Å²) in [5, 5.41) is 13.4. The number of hydrogen-bond donors (Lipinski definition) is 1. The predicted octanol–water partition coefficient (Wildman–Crippen LogP) is 2.45. The van der Waals surface area contributed by atoms with E-state index in [0.29, 0.717) is 6.54 Å². The van der Waals surface area contributed by atoms with Crippen LogP contribution in [-0.4, -0.2) is 15.8 Å². The second-order valence-electron chi connectivity index (χ2n) is 5.41. The van der Waals surface area contributed by atoms with Crippen LogP contribution in [0.5, 0.6) is 0 Å². The molecular formula is C16H19FN4. The Morgan fingerprint density at radius 1 is 1.43 bits per heavy atom. The van der Waals surface area contributed by atoms with Crippen LogP contribution in [0.1, 0.15) is 35.0 Å². The number of nitrogens with zero attached hydrogens (tertiary/aromatic N) is 3. The summed E-state index contributed by atoms with van der Waals surface area (Å²) in [6.07, 6.45) is 0.782. The lowest BCUT2D eigenvalue weighted by Gasteiger charge is -2.08. The lowest BCUT2D eigenvalue weighted by atomic mass is 10.1. The summed E-state index contributed by atoms with van der Waals surface area (Å²) in [5.41, 5.74) is 9.96. The van der Waals surface area contributed by atoms with Gasteiger partial charge in [0.2, 0.25) is 0 Å². The molecule has 0 aliphatic carbocycles. The van der Waals surface area contributed by atoms with E-state index in [1.165, 1.54) is 6.07 Å². The highest BCUT2D eigenvalue weighted by Gasteiger charge is 2.13. The molecule has 0 radical (unpaired) electrons. The zero-order valence-electron chi connectivity index (χ0n) is 12.5. The first kappa shape index (κ1) is 15.2. The maximum atomic E-state index is 13.3. The standard InChI is InChI=1S/C16H19FN4/c1-10(19)6-15-11(2)20-21(12(15)3)9-13-4-5-16(17)14(7-13)8-18/h4-5,7,10H,6,9,19H2,1-3H3. The smallest absolute Gasteiger partial charge is 0.140 e. The highest BCUT2D eigenvalue weighted by atomic mass is 19.1. The van der Waals surface area contributed by atoms with Gasteiger partial charge in [-0.15, -0.1) is 0 Å². The van der Waals surface area contributed by atoms with E-state index >= 15 is 0 Å². The largest absolute Gasteiger partial charge is 0.328 e. The summed E-state index contributed by atoms with van der Waals surface area (Å²) < 4.78 is 15.2. The fourth-order valence-electron chi connectivity index (χ4n) is 2.43. The molecular weight excluding hydrogens is 267 g/mol. The Hall–Kier alpha value is -2.19. The van der Waals surface area contributed by atoms with Gasteiger partial charge in [0.25, 0.3) is 0 Å². The van der Waals surface area contributed by atoms with Crippen LogP contribution in [0.2, 0.25) is 0 Å². The van der Waals surface area contributed by atoms with Crippen LogP contribution in [0, 0.1) is 31.0 Å². The van der Waals surface area contributed by atoms with Gasteiger partial charge in [-0.05, 0) is 50.5 Å². The number of nitriles is 1. The van der Waals surface area contributed by atoms with Crippen molar-refractivity contribution < 1.29 is 4.39 Å². The minimum Gasteiger partial charge on any atom is -0.328 e. The number of hydrogen-bond acceptors (Lipinski definition) is 3. The molecule has 1 aromatic carbocycles. The molecule has 1 aromatic heterocycles. The Bertz CT molecular complexity index is 695. The minimum absolute atomic E-state index is 0.0600. The molecule has 21 heavy (non-hydrogen) atoms. The molecule has 0 aliphatic rings. The normalized spacial score (nSPS) is 12.2. The molecule has 0 saturated heterocycles. The molecule has 4 nitrogen and oxygen atoms in total. The summed E-state index contributed by atoms with van der Waals surface area (Å²) in [4.78, 5) is 0. The van der Waals surface area contributed by atoms with Gasteiger partial charge >= 0.3 is 0 Å². The van der Waals surface area contributed by atoms with E-state index in [4.69, 9.17) is 11.0 Å². The first-order valence-electron chi connectivity index (χ1n) is 6.89. The van der Waals surface area contributed by atoms with E-state index in [1.807, 2.05) is 31.5 Å². The van der Waals surface area contributed by atoms with E-state index < -0.39 is 5.82 Å². The lowest BCUT2D eigenvalue weighted by molar-refractivity contribution is 0.618. The Labute approximate surface area is 124 Å². The number of benzene rings is 1. The van der Waals surface area contributed by atoms with Crippen molar-refractivity contribution in [3.05, 3.63) is 52.1 Å². The zero-order valence-corrected chi connectivity index (χ0v) is 12.5. The summed E-state index contributed by atoms with van der Waals surface area (Å²) in [6.45, 7) is 6.45. The Morgan fingerprint density at radius 3 is 2.76 bits per heavy atom.